The number of nitrogens with zero attached hydrogens (tertiary/aromatic N) is 1. The molecule has 0 unspecified atom stereocenters. The zero-order valence-electron chi connectivity index (χ0n) is 14.1. The maximum atomic E-state index is 12.4. The molecule has 0 saturated carbocycles. The van der Waals surface area contributed by atoms with Gasteiger partial charge in [0.2, 0.25) is 0 Å². The normalized spacial score (nSPS) is 10.6. The van der Waals surface area contributed by atoms with Gasteiger partial charge in [-0.25, -0.2) is 9.10 Å². The molecule has 0 saturated heterocycles. The molecule has 0 heterocycles. The first kappa shape index (κ1) is 18.7. The van der Waals surface area contributed by atoms with Crippen LogP contribution < -0.4 is 9.47 Å². The highest BCUT2D eigenvalue weighted by molar-refractivity contribution is 9.10. The smallest absolute Gasteiger partial charge is 0.425 e. The number of para-hydroxylation sites is 2. The van der Waals surface area contributed by atoms with Crippen LogP contribution in [0.25, 0.3) is 0 Å². The molecule has 0 spiro atoms. The van der Waals surface area contributed by atoms with Crippen molar-refractivity contribution in [2.75, 3.05) is 7.05 Å². The zero-order valence-corrected chi connectivity index (χ0v) is 16.5. The van der Waals surface area contributed by atoms with Gasteiger partial charge in [-0.2, -0.15) is 0 Å². The minimum absolute atomic E-state index is 0.00220. The summed E-state index contributed by atoms with van der Waals surface area (Å²) in [6, 6.07) is 13.1. The first-order valence-electron chi connectivity index (χ1n) is 7.52. The molecule has 128 valence electrons. The highest BCUT2D eigenvalue weighted by Crippen LogP contribution is 2.31. The Morgan fingerprint density at radius 2 is 1.83 bits per heavy atom. The summed E-state index contributed by atoms with van der Waals surface area (Å²) in [6.45, 7) is 5.85. The molecular weight excluding hydrogens is 390 g/mol. The van der Waals surface area contributed by atoms with E-state index >= 15 is 0 Å². The van der Waals surface area contributed by atoms with E-state index < -0.39 is 6.09 Å². The summed E-state index contributed by atoms with van der Waals surface area (Å²) in [7, 11) is 1.68. The van der Waals surface area contributed by atoms with Crippen molar-refractivity contribution in [3.63, 3.8) is 0 Å². The van der Waals surface area contributed by atoms with E-state index in [1.807, 2.05) is 51.1 Å². The van der Waals surface area contributed by atoms with Crippen LogP contribution in [0, 0.1) is 6.92 Å². The van der Waals surface area contributed by atoms with Gasteiger partial charge in [0.1, 0.15) is 0 Å². The second-order valence-electron chi connectivity index (χ2n) is 5.48. The standard InChI is InChI=1S/C18H20BrNO3S/c1-12(2)22-15-7-5-6-8-16(15)23-18(21)20(4)24-17-10-9-14(19)11-13(17)3/h5-12H,1-4H3. The van der Waals surface area contributed by atoms with Gasteiger partial charge >= 0.3 is 6.09 Å². The number of rotatable bonds is 5. The molecule has 1 amide bonds. The third-order valence-corrected chi connectivity index (χ3v) is 4.61. The Morgan fingerprint density at radius 1 is 1.17 bits per heavy atom. The monoisotopic (exact) mass is 409 g/mol. The van der Waals surface area contributed by atoms with Gasteiger partial charge in [-0.15, -0.1) is 0 Å². The Kier molecular flexibility index (Phi) is 6.57. The molecule has 2 aromatic rings. The minimum Gasteiger partial charge on any atom is -0.487 e. The Bertz CT molecular complexity index is 721. The summed E-state index contributed by atoms with van der Waals surface area (Å²) < 4.78 is 13.6. The van der Waals surface area contributed by atoms with Gasteiger partial charge in [-0.05, 0) is 68.6 Å². The van der Waals surface area contributed by atoms with Crippen molar-refractivity contribution < 1.29 is 14.3 Å². The van der Waals surface area contributed by atoms with E-state index in [0.717, 1.165) is 14.9 Å². The molecule has 2 rings (SSSR count). The number of amides is 1. The highest BCUT2D eigenvalue weighted by atomic mass is 79.9. The number of carbonyl (C=O) groups is 1. The van der Waals surface area contributed by atoms with E-state index in [-0.39, 0.29) is 6.10 Å². The van der Waals surface area contributed by atoms with Gasteiger partial charge in [0.05, 0.1) is 6.10 Å². The molecule has 0 atom stereocenters. The minimum atomic E-state index is -0.456. The molecule has 0 radical (unpaired) electrons. The number of halogens is 1. The van der Waals surface area contributed by atoms with E-state index in [1.165, 1.54) is 16.3 Å². The Labute approximate surface area is 155 Å². The molecule has 0 aliphatic heterocycles. The topological polar surface area (TPSA) is 38.8 Å². The number of aryl methyl sites for hydroxylation is 1. The SMILES string of the molecule is Cc1cc(Br)ccc1SN(C)C(=O)Oc1ccccc1OC(C)C. The Balaban J connectivity index is 2.06. The lowest BCUT2D eigenvalue weighted by molar-refractivity contribution is 0.180. The Hall–Kier alpha value is -1.66. The van der Waals surface area contributed by atoms with Crippen molar-refractivity contribution in [2.45, 2.75) is 31.8 Å². The molecule has 0 aliphatic carbocycles. The summed E-state index contributed by atoms with van der Waals surface area (Å²) in [5.74, 6) is 0.968. The summed E-state index contributed by atoms with van der Waals surface area (Å²) in [5.41, 5.74) is 1.08. The van der Waals surface area contributed by atoms with E-state index in [4.69, 9.17) is 9.47 Å². The maximum absolute atomic E-state index is 12.4. The van der Waals surface area contributed by atoms with E-state index in [1.54, 1.807) is 19.2 Å². The third kappa shape index (κ3) is 5.18. The number of carbonyl (C=O) groups excluding carboxylic acids is 1. The Morgan fingerprint density at radius 3 is 2.46 bits per heavy atom. The molecule has 0 aromatic heterocycles. The fraction of sp³-hybridized carbons (Fsp3) is 0.278. The molecule has 0 aliphatic rings. The van der Waals surface area contributed by atoms with E-state index in [0.29, 0.717) is 11.5 Å². The molecule has 0 bridgehead atoms. The van der Waals surface area contributed by atoms with Crippen molar-refractivity contribution in [2.24, 2.45) is 0 Å². The van der Waals surface area contributed by atoms with Crippen LogP contribution in [0.3, 0.4) is 0 Å². The van der Waals surface area contributed by atoms with Crippen LogP contribution in [0.1, 0.15) is 19.4 Å². The average molecular weight is 410 g/mol. The van der Waals surface area contributed by atoms with Gasteiger partial charge < -0.3 is 9.47 Å². The van der Waals surface area contributed by atoms with Gasteiger partial charge in [0.15, 0.2) is 11.5 Å². The lowest BCUT2D eigenvalue weighted by Crippen LogP contribution is -2.24. The van der Waals surface area contributed by atoms with Crippen LogP contribution in [-0.2, 0) is 0 Å². The first-order valence-corrected chi connectivity index (χ1v) is 9.09. The number of hydrogen-bond donors (Lipinski definition) is 0. The molecule has 0 N–H and O–H groups in total. The van der Waals surface area contributed by atoms with E-state index in [9.17, 15) is 4.79 Å². The first-order chi connectivity index (χ1) is 11.4. The fourth-order valence-corrected chi connectivity index (χ4v) is 3.16. The zero-order chi connectivity index (χ0) is 17.7. The maximum Gasteiger partial charge on any atom is 0.425 e. The van der Waals surface area contributed by atoms with Gasteiger partial charge in [-0.3, -0.25) is 0 Å². The lowest BCUT2D eigenvalue weighted by Gasteiger charge is -2.18. The molecule has 6 heteroatoms. The second-order valence-corrected chi connectivity index (χ2v) is 7.57. The molecule has 24 heavy (non-hydrogen) atoms. The van der Waals surface area contributed by atoms with Crippen molar-refractivity contribution in [3.05, 3.63) is 52.5 Å². The summed E-state index contributed by atoms with van der Waals surface area (Å²) >= 11 is 4.76. The predicted octanol–water partition coefficient (Wildman–Crippen LogP) is 5.68. The van der Waals surface area contributed by atoms with Crippen LogP contribution in [0.15, 0.2) is 51.8 Å². The van der Waals surface area contributed by atoms with Crippen molar-refractivity contribution >= 4 is 34.0 Å². The van der Waals surface area contributed by atoms with Crippen LogP contribution in [0.4, 0.5) is 4.79 Å². The van der Waals surface area contributed by atoms with Gasteiger partial charge in [0.25, 0.3) is 0 Å². The van der Waals surface area contributed by atoms with Crippen LogP contribution in [0.5, 0.6) is 11.5 Å². The van der Waals surface area contributed by atoms with Crippen LogP contribution in [-0.4, -0.2) is 23.6 Å². The van der Waals surface area contributed by atoms with E-state index in [2.05, 4.69) is 15.9 Å². The number of ether oxygens (including phenoxy) is 2. The summed E-state index contributed by atoms with van der Waals surface area (Å²) in [4.78, 5) is 13.3. The summed E-state index contributed by atoms with van der Waals surface area (Å²) in [6.07, 6.45) is -0.454. The highest BCUT2D eigenvalue weighted by Gasteiger charge is 2.17. The van der Waals surface area contributed by atoms with Gasteiger partial charge in [-0.1, -0.05) is 28.1 Å². The molecule has 0 fully saturated rings. The van der Waals surface area contributed by atoms with Gasteiger partial charge in [0, 0.05) is 16.4 Å². The van der Waals surface area contributed by atoms with Crippen LogP contribution in [0.2, 0.25) is 0 Å². The quantitative estimate of drug-likeness (QED) is 0.595. The molecule has 2 aromatic carbocycles. The van der Waals surface area contributed by atoms with Crippen molar-refractivity contribution in [1.82, 2.24) is 4.31 Å². The molecule has 4 nitrogen and oxygen atoms in total. The average Bonchev–Trinajstić information content (AvgIpc) is 2.51. The number of benzene rings is 2. The summed E-state index contributed by atoms with van der Waals surface area (Å²) in [5, 5.41) is 0. The third-order valence-electron chi connectivity index (χ3n) is 3.04. The predicted molar refractivity (Wildman–Crippen MR) is 101 cm³/mol. The van der Waals surface area contributed by atoms with Crippen molar-refractivity contribution in [3.8, 4) is 11.5 Å². The fourth-order valence-electron chi connectivity index (χ4n) is 1.94. The molecular formula is C18H20BrNO3S. The van der Waals surface area contributed by atoms with Crippen molar-refractivity contribution in [1.29, 1.82) is 0 Å². The largest absolute Gasteiger partial charge is 0.487 e. The van der Waals surface area contributed by atoms with Crippen LogP contribution >= 0.6 is 27.9 Å². The lowest BCUT2D eigenvalue weighted by atomic mass is 10.2. The number of hydrogen-bond acceptors (Lipinski definition) is 4. The second kappa shape index (κ2) is 8.44.